The molecule has 2 amide bonds. The van der Waals surface area contributed by atoms with E-state index < -0.39 is 0 Å². The fourth-order valence-corrected chi connectivity index (χ4v) is 4.51. The zero-order valence-corrected chi connectivity index (χ0v) is 19.6. The number of rotatable bonds is 10. The van der Waals surface area contributed by atoms with Crippen molar-refractivity contribution in [2.24, 2.45) is 11.7 Å². The summed E-state index contributed by atoms with van der Waals surface area (Å²) in [7, 11) is 0. The Morgan fingerprint density at radius 1 is 1.21 bits per heavy atom. The summed E-state index contributed by atoms with van der Waals surface area (Å²) in [6, 6.07) is 11.9. The summed E-state index contributed by atoms with van der Waals surface area (Å²) in [5, 5.41) is 7.36. The molecule has 4 rings (SSSR count). The van der Waals surface area contributed by atoms with Crippen LogP contribution in [0.25, 0.3) is 10.9 Å². The largest absolute Gasteiger partial charge is 0.351 e. The van der Waals surface area contributed by atoms with Crippen LogP contribution in [0.1, 0.15) is 35.3 Å². The van der Waals surface area contributed by atoms with Gasteiger partial charge in [-0.05, 0) is 73.8 Å². The number of hydrogen-bond donors (Lipinski definition) is 4. The Kier molecular flexibility index (Phi) is 7.82. The molecule has 1 atom stereocenters. The number of unbranched alkanes of at least 4 members (excludes halogenated alkanes) is 1. The van der Waals surface area contributed by atoms with Crippen LogP contribution in [0, 0.1) is 11.7 Å². The van der Waals surface area contributed by atoms with Crippen LogP contribution in [0.5, 0.6) is 0 Å². The number of H-pyrrole nitrogens is 1. The van der Waals surface area contributed by atoms with Crippen molar-refractivity contribution in [3.05, 3.63) is 64.6 Å². The summed E-state index contributed by atoms with van der Waals surface area (Å²) in [5.41, 5.74) is 8.37. The van der Waals surface area contributed by atoms with E-state index in [1.807, 2.05) is 18.2 Å². The number of fused-ring (bicyclic) bond motifs is 1. The smallest absolute Gasteiger partial charge is 0.267 e. The van der Waals surface area contributed by atoms with E-state index in [9.17, 15) is 14.0 Å². The average molecular weight is 486 g/mol. The number of nitrogens with zero attached hydrogens (tertiary/aromatic N) is 1. The number of nitrogens with two attached hydrogens (primary N) is 1. The van der Waals surface area contributed by atoms with Crippen molar-refractivity contribution in [3.8, 4) is 0 Å². The van der Waals surface area contributed by atoms with Gasteiger partial charge in [-0.3, -0.25) is 9.59 Å². The normalized spacial score (nSPS) is 15.9. The van der Waals surface area contributed by atoms with Crippen LogP contribution < -0.4 is 21.3 Å². The Hall–Kier alpha value is -2.94. The van der Waals surface area contributed by atoms with E-state index in [4.69, 9.17) is 17.3 Å². The molecule has 180 valence electrons. The predicted molar refractivity (Wildman–Crippen MR) is 132 cm³/mol. The molecule has 1 aliphatic rings. The number of benzene rings is 2. The molecular formula is C25H29ClFN5O2. The predicted octanol–water partition coefficient (Wildman–Crippen LogP) is 3.57. The highest BCUT2D eigenvalue weighted by atomic mass is 35.5. The highest BCUT2D eigenvalue weighted by molar-refractivity contribution is 6.30. The van der Waals surface area contributed by atoms with Gasteiger partial charge in [0.2, 0.25) is 5.91 Å². The molecule has 0 spiro atoms. The Morgan fingerprint density at radius 3 is 2.85 bits per heavy atom. The van der Waals surface area contributed by atoms with Crippen molar-refractivity contribution in [2.75, 3.05) is 31.1 Å². The lowest BCUT2D eigenvalue weighted by Gasteiger charge is -2.17. The molecule has 1 saturated heterocycles. The first kappa shape index (κ1) is 24.2. The molecule has 0 bridgehead atoms. The van der Waals surface area contributed by atoms with Crippen LogP contribution >= 0.6 is 11.6 Å². The number of aromatic nitrogens is 1. The fourth-order valence-electron chi connectivity index (χ4n) is 4.27. The van der Waals surface area contributed by atoms with Crippen LogP contribution in [-0.2, 0) is 11.3 Å². The number of hydrogen-bond acceptors (Lipinski definition) is 4. The second kappa shape index (κ2) is 11.0. The molecule has 1 fully saturated rings. The summed E-state index contributed by atoms with van der Waals surface area (Å²) in [4.78, 5) is 30.3. The van der Waals surface area contributed by atoms with Crippen molar-refractivity contribution < 1.29 is 14.0 Å². The molecule has 0 unspecified atom stereocenters. The molecule has 9 heteroatoms. The third-order valence-electron chi connectivity index (χ3n) is 6.04. The molecule has 1 aliphatic heterocycles. The SMILES string of the molecule is NCCCCNC(=O)c1cc2cc(N3CC[C@H](CNCc4cc(F)cc(Cl)c4)C3=O)ccc2[nH]1. The number of nitrogens with one attached hydrogen (secondary N) is 3. The molecule has 1 aromatic heterocycles. The highest BCUT2D eigenvalue weighted by Gasteiger charge is 2.32. The van der Waals surface area contributed by atoms with E-state index in [0.717, 1.165) is 41.4 Å². The topological polar surface area (TPSA) is 103 Å². The molecule has 0 saturated carbocycles. The lowest BCUT2D eigenvalue weighted by molar-refractivity contribution is -0.120. The van der Waals surface area contributed by atoms with Crippen LogP contribution in [0.15, 0.2) is 42.5 Å². The van der Waals surface area contributed by atoms with Gasteiger partial charge in [-0.1, -0.05) is 11.6 Å². The molecule has 0 radical (unpaired) electrons. The van der Waals surface area contributed by atoms with Gasteiger partial charge in [0.05, 0.1) is 5.92 Å². The summed E-state index contributed by atoms with van der Waals surface area (Å²) in [5.74, 6) is -0.629. The minimum absolute atomic E-state index is 0.0533. The molecule has 5 N–H and O–H groups in total. The Balaban J connectivity index is 1.35. The van der Waals surface area contributed by atoms with Crippen molar-refractivity contribution >= 4 is 40.0 Å². The summed E-state index contributed by atoms with van der Waals surface area (Å²) in [6.45, 7) is 2.76. The summed E-state index contributed by atoms with van der Waals surface area (Å²) in [6.07, 6.45) is 2.45. The number of halogens is 2. The standard InChI is InChI=1S/C25H29ClFN5O2/c26-19-9-16(10-20(27)13-19)14-29-15-17-5-8-32(25(17)34)21-3-4-22-18(11-21)12-23(31-22)24(33)30-7-2-1-6-28/h3-4,9-13,17,29,31H,1-2,5-8,14-15,28H2,(H,30,33)/t17-/m1/s1. The third kappa shape index (κ3) is 5.75. The van der Waals surface area contributed by atoms with Gasteiger partial charge in [-0.25, -0.2) is 4.39 Å². The maximum absolute atomic E-state index is 13.5. The number of carbonyl (C=O) groups excluding carboxylic acids is 2. The number of amides is 2. The maximum atomic E-state index is 13.5. The summed E-state index contributed by atoms with van der Waals surface area (Å²) < 4.78 is 13.5. The quantitative estimate of drug-likeness (QED) is 0.329. The van der Waals surface area contributed by atoms with Crippen LogP contribution in [0.4, 0.5) is 10.1 Å². The first-order valence-electron chi connectivity index (χ1n) is 11.5. The van der Waals surface area contributed by atoms with Gasteiger partial charge in [0.15, 0.2) is 0 Å². The Labute approximate surface area is 202 Å². The van der Waals surface area contributed by atoms with Crippen molar-refractivity contribution in [3.63, 3.8) is 0 Å². The van der Waals surface area contributed by atoms with Crippen LogP contribution in [-0.4, -0.2) is 43.0 Å². The number of carbonyl (C=O) groups is 2. The molecule has 2 aromatic carbocycles. The van der Waals surface area contributed by atoms with Gasteiger partial charge in [0.1, 0.15) is 11.5 Å². The average Bonchev–Trinajstić information content (AvgIpc) is 3.39. The van der Waals surface area contributed by atoms with Gasteiger partial charge in [0.25, 0.3) is 5.91 Å². The lowest BCUT2D eigenvalue weighted by atomic mass is 10.1. The first-order valence-corrected chi connectivity index (χ1v) is 11.9. The van der Waals surface area contributed by atoms with E-state index in [1.165, 1.54) is 12.1 Å². The van der Waals surface area contributed by atoms with Gasteiger partial charge in [-0.15, -0.1) is 0 Å². The molecule has 34 heavy (non-hydrogen) atoms. The van der Waals surface area contributed by atoms with E-state index in [0.29, 0.717) is 43.4 Å². The van der Waals surface area contributed by atoms with E-state index in [1.54, 1.807) is 17.0 Å². The second-order valence-electron chi connectivity index (χ2n) is 8.59. The summed E-state index contributed by atoms with van der Waals surface area (Å²) >= 11 is 5.90. The number of anilines is 1. The zero-order chi connectivity index (χ0) is 24.1. The van der Waals surface area contributed by atoms with E-state index >= 15 is 0 Å². The van der Waals surface area contributed by atoms with Gasteiger partial charge < -0.3 is 26.3 Å². The minimum atomic E-state index is -0.375. The Morgan fingerprint density at radius 2 is 2.06 bits per heavy atom. The molecular weight excluding hydrogens is 457 g/mol. The van der Waals surface area contributed by atoms with Gasteiger partial charge in [0, 0.05) is 47.8 Å². The lowest BCUT2D eigenvalue weighted by Crippen LogP contribution is -2.31. The molecule has 0 aliphatic carbocycles. The van der Waals surface area contributed by atoms with E-state index in [2.05, 4.69) is 15.6 Å². The first-order chi connectivity index (χ1) is 16.4. The molecule has 3 aromatic rings. The highest BCUT2D eigenvalue weighted by Crippen LogP contribution is 2.28. The number of aromatic amines is 1. The third-order valence-corrected chi connectivity index (χ3v) is 6.25. The Bertz CT molecular complexity index is 1160. The van der Waals surface area contributed by atoms with Crippen molar-refractivity contribution in [1.29, 1.82) is 0 Å². The maximum Gasteiger partial charge on any atom is 0.267 e. The molecule has 2 heterocycles. The van der Waals surface area contributed by atoms with Crippen molar-refractivity contribution in [2.45, 2.75) is 25.8 Å². The zero-order valence-electron chi connectivity index (χ0n) is 18.9. The van der Waals surface area contributed by atoms with Crippen molar-refractivity contribution in [1.82, 2.24) is 15.6 Å². The van der Waals surface area contributed by atoms with Gasteiger partial charge >= 0.3 is 0 Å². The monoisotopic (exact) mass is 485 g/mol. The minimum Gasteiger partial charge on any atom is -0.351 e. The second-order valence-corrected chi connectivity index (χ2v) is 9.03. The van der Waals surface area contributed by atoms with Crippen LogP contribution in [0.2, 0.25) is 5.02 Å². The van der Waals surface area contributed by atoms with Crippen LogP contribution in [0.3, 0.4) is 0 Å². The van der Waals surface area contributed by atoms with E-state index in [-0.39, 0.29) is 23.5 Å². The van der Waals surface area contributed by atoms with Gasteiger partial charge in [-0.2, -0.15) is 0 Å². The molecule has 7 nitrogen and oxygen atoms in total. The fraction of sp³-hybridized carbons (Fsp3) is 0.360.